The molecule has 0 aromatic rings. The number of nitrogens with zero attached hydrogens (tertiary/aromatic N) is 1. The SMILES string of the molecule is C=C(/C=N\NC)/C=C1\C=CC=CC1. The average molecular weight is 174 g/mol. The fraction of sp³-hybridized carbons (Fsp3) is 0.182. The second-order valence-corrected chi connectivity index (χ2v) is 2.77. The van der Waals surface area contributed by atoms with Crippen LogP contribution in [0.15, 0.2) is 53.2 Å². The molecule has 0 bridgehead atoms. The molecular weight excluding hydrogens is 160 g/mol. The highest BCUT2D eigenvalue weighted by Crippen LogP contribution is 2.11. The van der Waals surface area contributed by atoms with E-state index >= 15 is 0 Å². The van der Waals surface area contributed by atoms with Crippen LogP contribution in [0.2, 0.25) is 0 Å². The van der Waals surface area contributed by atoms with Gasteiger partial charge in [-0.3, -0.25) is 0 Å². The van der Waals surface area contributed by atoms with E-state index in [2.05, 4.69) is 29.3 Å². The first-order valence-electron chi connectivity index (χ1n) is 4.25. The molecule has 0 aliphatic heterocycles. The molecule has 68 valence electrons. The van der Waals surface area contributed by atoms with Crippen molar-refractivity contribution in [2.24, 2.45) is 5.10 Å². The molecule has 0 atom stereocenters. The van der Waals surface area contributed by atoms with E-state index < -0.39 is 0 Å². The average Bonchev–Trinajstić information content (AvgIpc) is 2.16. The number of nitrogens with one attached hydrogen (secondary N) is 1. The van der Waals surface area contributed by atoms with Gasteiger partial charge in [-0.05, 0) is 17.6 Å². The first-order chi connectivity index (χ1) is 6.33. The topological polar surface area (TPSA) is 24.4 Å². The van der Waals surface area contributed by atoms with Crippen molar-refractivity contribution in [1.82, 2.24) is 5.43 Å². The quantitative estimate of drug-likeness (QED) is 0.514. The zero-order valence-electron chi connectivity index (χ0n) is 7.83. The van der Waals surface area contributed by atoms with Gasteiger partial charge < -0.3 is 5.43 Å². The Hall–Kier alpha value is -1.57. The summed E-state index contributed by atoms with van der Waals surface area (Å²) in [6, 6.07) is 0. The number of rotatable bonds is 3. The molecular formula is C11H14N2. The van der Waals surface area contributed by atoms with E-state index in [-0.39, 0.29) is 0 Å². The summed E-state index contributed by atoms with van der Waals surface area (Å²) in [6.07, 6.45) is 13.0. The van der Waals surface area contributed by atoms with Crippen molar-refractivity contribution >= 4 is 6.21 Å². The summed E-state index contributed by atoms with van der Waals surface area (Å²) >= 11 is 0. The molecule has 0 aromatic carbocycles. The summed E-state index contributed by atoms with van der Waals surface area (Å²) in [5.74, 6) is 0. The molecule has 0 aromatic heterocycles. The minimum atomic E-state index is 0.907. The molecule has 0 saturated heterocycles. The summed E-state index contributed by atoms with van der Waals surface area (Å²) < 4.78 is 0. The minimum Gasteiger partial charge on any atom is -0.313 e. The minimum absolute atomic E-state index is 0.907. The fourth-order valence-electron chi connectivity index (χ4n) is 1.06. The highest BCUT2D eigenvalue weighted by atomic mass is 15.3. The van der Waals surface area contributed by atoms with Gasteiger partial charge in [0, 0.05) is 7.05 Å². The lowest BCUT2D eigenvalue weighted by molar-refractivity contribution is 0.908. The molecule has 2 heteroatoms. The van der Waals surface area contributed by atoms with Gasteiger partial charge in [0.05, 0.1) is 6.21 Å². The third-order valence-electron chi connectivity index (χ3n) is 1.64. The predicted octanol–water partition coefficient (Wildman–Crippen LogP) is 2.19. The molecule has 0 spiro atoms. The van der Waals surface area contributed by atoms with Crippen molar-refractivity contribution in [3.05, 3.63) is 48.1 Å². The first-order valence-corrected chi connectivity index (χ1v) is 4.25. The van der Waals surface area contributed by atoms with Crippen molar-refractivity contribution in [3.8, 4) is 0 Å². The van der Waals surface area contributed by atoms with Crippen LogP contribution in [0.1, 0.15) is 6.42 Å². The Kier molecular flexibility index (Phi) is 3.76. The lowest BCUT2D eigenvalue weighted by atomic mass is 10.1. The summed E-state index contributed by atoms with van der Waals surface area (Å²) in [7, 11) is 1.76. The lowest BCUT2D eigenvalue weighted by Gasteiger charge is -2.01. The van der Waals surface area contributed by atoms with Crippen molar-refractivity contribution in [3.63, 3.8) is 0 Å². The van der Waals surface area contributed by atoms with Gasteiger partial charge in [-0.2, -0.15) is 5.10 Å². The zero-order chi connectivity index (χ0) is 9.52. The largest absolute Gasteiger partial charge is 0.313 e. The number of allylic oxidation sites excluding steroid dienone is 7. The molecule has 0 fully saturated rings. The summed E-state index contributed by atoms with van der Waals surface area (Å²) in [5.41, 5.74) is 4.85. The van der Waals surface area contributed by atoms with Crippen LogP contribution < -0.4 is 5.43 Å². The third kappa shape index (κ3) is 3.56. The Labute approximate surface area is 79.0 Å². The van der Waals surface area contributed by atoms with Gasteiger partial charge in [0.2, 0.25) is 0 Å². The Balaban J connectivity index is 2.55. The van der Waals surface area contributed by atoms with Crippen LogP contribution in [0.25, 0.3) is 0 Å². The molecule has 2 nitrogen and oxygen atoms in total. The van der Waals surface area contributed by atoms with Crippen molar-refractivity contribution in [2.75, 3.05) is 7.05 Å². The van der Waals surface area contributed by atoms with Crippen molar-refractivity contribution in [1.29, 1.82) is 0 Å². The number of hydrogen-bond donors (Lipinski definition) is 1. The molecule has 0 heterocycles. The first kappa shape index (κ1) is 9.52. The van der Waals surface area contributed by atoms with Gasteiger partial charge in [-0.15, -0.1) is 0 Å². The monoisotopic (exact) mass is 174 g/mol. The van der Waals surface area contributed by atoms with E-state index in [1.54, 1.807) is 13.3 Å². The summed E-state index contributed by atoms with van der Waals surface area (Å²) in [5, 5.41) is 3.88. The molecule has 1 aliphatic carbocycles. The van der Waals surface area contributed by atoms with E-state index in [4.69, 9.17) is 0 Å². The van der Waals surface area contributed by atoms with E-state index in [1.807, 2.05) is 18.2 Å². The van der Waals surface area contributed by atoms with E-state index in [1.165, 1.54) is 5.57 Å². The molecule has 1 N–H and O–H groups in total. The normalized spacial score (nSPS) is 18.4. The van der Waals surface area contributed by atoms with Gasteiger partial charge in [-0.1, -0.05) is 37.0 Å². The lowest BCUT2D eigenvalue weighted by Crippen LogP contribution is -1.94. The van der Waals surface area contributed by atoms with Crippen LogP contribution >= 0.6 is 0 Å². The number of hydrazone groups is 1. The van der Waals surface area contributed by atoms with E-state index in [0.717, 1.165) is 12.0 Å². The summed E-state index contributed by atoms with van der Waals surface area (Å²) in [6.45, 7) is 3.86. The Morgan fingerprint density at radius 2 is 2.46 bits per heavy atom. The maximum Gasteiger partial charge on any atom is 0.0534 e. The van der Waals surface area contributed by atoms with Crippen LogP contribution in [0.5, 0.6) is 0 Å². The molecule has 1 rings (SSSR count). The Morgan fingerprint density at radius 3 is 3.08 bits per heavy atom. The van der Waals surface area contributed by atoms with Crippen LogP contribution in [0.4, 0.5) is 0 Å². The van der Waals surface area contributed by atoms with Gasteiger partial charge in [0.1, 0.15) is 0 Å². The molecule has 13 heavy (non-hydrogen) atoms. The maximum atomic E-state index is 3.88. The predicted molar refractivity (Wildman–Crippen MR) is 57.7 cm³/mol. The van der Waals surface area contributed by atoms with Gasteiger partial charge in [0.15, 0.2) is 0 Å². The zero-order valence-corrected chi connectivity index (χ0v) is 7.83. The van der Waals surface area contributed by atoms with Gasteiger partial charge >= 0.3 is 0 Å². The maximum absolute atomic E-state index is 3.88. The smallest absolute Gasteiger partial charge is 0.0534 e. The molecule has 0 amide bonds. The van der Waals surface area contributed by atoms with Crippen LogP contribution in [0.3, 0.4) is 0 Å². The van der Waals surface area contributed by atoms with E-state index in [9.17, 15) is 0 Å². The Morgan fingerprint density at radius 1 is 1.62 bits per heavy atom. The van der Waals surface area contributed by atoms with Crippen LogP contribution in [-0.2, 0) is 0 Å². The van der Waals surface area contributed by atoms with E-state index in [0.29, 0.717) is 0 Å². The second kappa shape index (κ2) is 5.14. The molecule has 0 saturated carbocycles. The standard InChI is InChI=1S/C11H14N2/c1-10(9-13-12-2)8-11-6-4-3-5-7-11/h3-6,8-9,12H,1,7H2,2H3/b11-8+,13-9-. The summed E-state index contributed by atoms with van der Waals surface area (Å²) in [4.78, 5) is 0. The number of hydrogen-bond acceptors (Lipinski definition) is 2. The van der Waals surface area contributed by atoms with Crippen LogP contribution in [-0.4, -0.2) is 13.3 Å². The third-order valence-corrected chi connectivity index (χ3v) is 1.64. The fourth-order valence-corrected chi connectivity index (χ4v) is 1.06. The molecule has 0 unspecified atom stereocenters. The molecule has 0 radical (unpaired) electrons. The van der Waals surface area contributed by atoms with Crippen LogP contribution in [0, 0.1) is 0 Å². The van der Waals surface area contributed by atoms with Crippen molar-refractivity contribution < 1.29 is 0 Å². The molecule has 1 aliphatic rings. The van der Waals surface area contributed by atoms with Gasteiger partial charge in [0.25, 0.3) is 0 Å². The second-order valence-electron chi connectivity index (χ2n) is 2.77. The highest BCUT2D eigenvalue weighted by molar-refractivity contribution is 5.81. The Bertz CT molecular complexity index is 293. The van der Waals surface area contributed by atoms with Crippen molar-refractivity contribution in [2.45, 2.75) is 6.42 Å². The van der Waals surface area contributed by atoms with Gasteiger partial charge in [-0.25, -0.2) is 0 Å². The highest BCUT2D eigenvalue weighted by Gasteiger charge is 1.93.